The Morgan fingerprint density at radius 3 is 2.07 bits per heavy atom. The molecule has 0 amide bonds. The van der Waals surface area contributed by atoms with Gasteiger partial charge in [-0.3, -0.25) is 0 Å². The number of pyridine rings is 1. The molecule has 0 saturated carbocycles. The van der Waals surface area contributed by atoms with Crippen molar-refractivity contribution in [3.63, 3.8) is 0 Å². The van der Waals surface area contributed by atoms with Crippen LogP contribution in [0.1, 0.15) is 0 Å². The topological polar surface area (TPSA) is 28.6 Å². The Labute approximate surface area is 267 Å². The van der Waals surface area contributed by atoms with Crippen molar-refractivity contribution >= 4 is 59.6 Å². The van der Waals surface area contributed by atoms with Gasteiger partial charge in [0.05, 0.1) is 0 Å². The predicted octanol–water partition coefficient (Wildman–Crippen LogP) is 3.26. The fourth-order valence-corrected chi connectivity index (χ4v) is 18.2. The molecular formula is C39H32BGeN3O. The van der Waals surface area contributed by atoms with Gasteiger partial charge in [0, 0.05) is 0 Å². The standard InChI is InChI=1S/C39H32BGeN3O/c1-43-25-26-44(29-43)33-22-23-38-36(28-33)40(30-13-12-18-34(27-30)45-39-21-10-11-24-42-39)35-19-8-9-20-37(35)41(38,31-14-4-2-5-15-31)32-16-6-3-7-17-32/h2-28H,29H2,1H3. The summed E-state index contributed by atoms with van der Waals surface area (Å²) < 4.78 is 12.1. The van der Waals surface area contributed by atoms with E-state index < -0.39 is 13.3 Å². The van der Waals surface area contributed by atoms with Crippen molar-refractivity contribution < 1.29 is 4.74 Å². The number of hydrogen-bond donors (Lipinski definition) is 0. The van der Waals surface area contributed by atoms with Crippen LogP contribution in [0, 0.1) is 0 Å². The van der Waals surface area contributed by atoms with E-state index in [1.54, 1.807) is 6.20 Å². The van der Waals surface area contributed by atoms with Crippen molar-refractivity contribution in [1.82, 2.24) is 9.88 Å². The van der Waals surface area contributed by atoms with Gasteiger partial charge < -0.3 is 0 Å². The van der Waals surface area contributed by atoms with Crippen LogP contribution >= 0.6 is 0 Å². The van der Waals surface area contributed by atoms with Crippen LogP contribution in [-0.2, 0) is 0 Å². The molecular weight excluding hydrogens is 610 g/mol. The number of anilines is 1. The predicted molar refractivity (Wildman–Crippen MR) is 190 cm³/mol. The Balaban J connectivity index is 1.40. The second-order valence-electron chi connectivity index (χ2n) is 11.8. The van der Waals surface area contributed by atoms with Gasteiger partial charge in [-0.1, -0.05) is 0 Å². The first kappa shape index (κ1) is 27.5. The summed E-state index contributed by atoms with van der Waals surface area (Å²) in [7, 11) is 2.12. The van der Waals surface area contributed by atoms with Crippen LogP contribution < -0.4 is 43.6 Å². The van der Waals surface area contributed by atoms with Crippen LogP contribution in [0.25, 0.3) is 0 Å². The van der Waals surface area contributed by atoms with E-state index in [4.69, 9.17) is 4.74 Å². The Bertz CT molecular complexity index is 1960. The molecule has 8 rings (SSSR count). The van der Waals surface area contributed by atoms with Crippen molar-refractivity contribution in [3.05, 3.63) is 164 Å². The number of aromatic nitrogens is 1. The third-order valence-corrected chi connectivity index (χ3v) is 19.4. The number of ether oxygens (including phenoxy) is 1. The van der Waals surface area contributed by atoms with Gasteiger partial charge in [0.25, 0.3) is 0 Å². The summed E-state index contributed by atoms with van der Waals surface area (Å²) in [5, 5.41) is 0. The fraction of sp³-hybridized carbons (Fsp3) is 0.0513. The summed E-state index contributed by atoms with van der Waals surface area (Å²) in [5.41, 5.74) is 5.16. The number of hydrogen-bond acceptors (Lipinski definition) is 4. The molecule has 6 heteroatoms. The first-order chi connectivity index (χ1) is 22.2. The Morgan fingerprint density at radius 1 is 0.644 bits per heavy atom. The van der Waals surface area contributed by atoms with Crippen molar-refractivity contribution in [2.45, 2.75) is 0 Å². The second kappa shape index (κ2) is 11.5. The van der Waals surface area contributed by atoms with E-state index in [-0.39, 0.29) is 6.71 Å². The molecule has 5 aromatic carbocycles. The quantitative estimate of drug-likeness (QED) is 0.261. The van der Waals surface area contributed by atoms with E-state index in [9.17, 15) is 0 Å². The van der Waals surface area contributed by atoms with Gasteiger partial charge in [-0.05, 0) is 0 Å². The van der Waals surface area contributed by atoms with Crippen molar-refractivity contribution in [1.29, 1.82) is 0 Å². The van der Waals surface area contributed by atoms with Crippen molar-refractivity contribution in [2.75, 3.05) is 18.6 Å². The van der Waals surface area contributed by atoms with Crippen LogP contribution in [0.2, 0.25) is 0 Å². The van der Waals surface area contributed by atoms with Gasteiger partial charge in [-0.25, -0.2) is 0 Å². The number of nitrogens with zero attached hydrogens (tertiary/aromatic N) is 3. The fourth-order valence-electron chi connectivity index (χ4n) is 7.22. The number of rotatable bonds is 6. The summed E-state index contributed by atoms with van der Waals surface area (Å²) in [6.07, 6.45) is 6.08. The maximum absolute atomic E-state index is 6.26. The SMILES string of the molecule is CN1C=CN(c2cc[c]3c(c2)B(c2cccc(Oc4ccccn4)c2)c2cccc[c]2[Ge]3([c]2ccccc2)[c]2ccccc2)C1. The molecule has 0 radical (unpaired) electrons. The Kier molecular flexibility index (Phi) is 7.03. The molecule has 0 fully saturated rings. The van der Waals surface area contributed by atoms with E-state index in [1.165, 1.54) is 39.7 Å². The van der Waals surface area contributed by atoms with Gasteiger partial charge in [0.2, 0.25) is 0 Å². The minimum atomic E-state index is -3.46. The third kappa shape index (κ3) is 4.75. The molecule has 0 bridgehead atoms. The molecule has 0 atom stereocenters. The third-order valence-electron chi connectivity index (χ3n) is 9.10. The Morgan fingerprint density at radius 2 is 1.36 bits per heavy atom. The molecule has 3 heterocycles. The molecule has 0 unspecified atom stereocenters. The average molecular weight is 642 g/mol. The first-order valence-electron chi connectivity index (χ1n) is 15.4. The van der Waals surface area contributed by atoms with Gasteiger partial charge in [0.15, 0.2) is 0 Å². The van der Waals surface area contributed by atoms with Crippen molar-refractivity contribution in [3.8, 4) is 11.6 Å². The molecule has 45 heavy (non-hydrogen) atoms. The van der Waals surface area contributed by atoms with Crippen LogP contribution in [0.5, 0.6) is 11.6 Å². The molecule has 2 aliphatic heterocycles. The van der Waals surface area contributed by atoms with Gasteiger partial charge in [-0.15, -0.1) is 0 Å². The number of benzene rings is 5. The summed E-state index contributed by atoms with van der Waals surface area (Å²) in [6, 6.07) is 53.3. The van der Waals surface area contributed by atoms with Crippen LogP contribution in [0.4, 0.5) is 5.69 Å². The van der Waals surface area contributed by atoms with Crippen LogP contribution in [-0.4, -0.2) is 43.6 Å². The minimum absolute atomic E-state index is 0.0407. The Hall–Kier alpha value is -5.00. The molecule has 0 N–H and O–H groups in total. The molecule has 2 aliphatic rings. The van der Waals surface area contributed by atoms with Gasteiger partial charge in [0.1, 0.15) is 0 Å². The summed E-state index contributed by atoms with van der Waals surface area (Å²) >= 11 is -3.46. The average Bonchev–Trinajstić information content (AvgIpc) is 3.54. The van der Waals surface area contributed by atoms with E-state index in [0.29, 0.717) is 5.88 Å². The molecule has 0 aliphatic carbocycles. The normalized spacial score (nSPS) is 14.6. The molecule has 4 nitrogen and oxygen atoms in total. The van der Waals surface area contributed by atoms with E-state index in [0.717, 1.165) is 12.4 Å². The van der Waals surface area contributed by atoms with Crippen LogP contribution in [0.3, 0.4) is 0 Å². The maximum atomic E-state index is 6.26. The molecule has 0 saturated heterocycles. The van der Waals surface area contributed by atoms with Crippen LogP contribution in [0.15, 0.2) is 164 Å². The zero-order chi connectivity index (χ0) is 30.2. The summed E-state index contributed by atoms with van der Waals surface area (Å²) in [4.78, 5) is 8.95. The summed E-state index contributed by atoms with van der Waals surface area (Å²) in [6.45, 7) is 0.871. The van der Waals surface area contributed by atoms with E-state index in [2.05, 4.69) is 156 Å². The van der Waals surface area contributed by atoms with Crippen molar-refractivity contribution in [2.24, 2.45) is 0 Å². The first-order valence-corrected chi connectivity index (χ1v) is 19.6. The summed E-state index contributed by atoms with van der Waals surface area (Å²) in [5.74, 6) is 1.38. The van der Waals surface area contributed by atoms with Gasteiger partial charge in [-0.2, -0.15) is 0 Å². The molecule has 216 valence electrons. The monoisotopic (exact) mass is 643 g/mol. The zero-order valence-electron chi connectivity index (χ0n) is 25.1. The number of fused-ring (bicyclic) bond motifs is 2. The molecule has 0 spiro atoms. The molecule has 1 aromatic heterocycles. The zero-order valence-corrected chi connectivity index (χ0v) is 27.2. The second-order valence-corrected chi connectivity index (χ2v) is 19.6. The van der Waals surface area contributed by atoms with Gasteiger partial charge >= 0.3 is 269 Å². The van der Waals surface area contributed by atoms with E-state index >= 15 is 0 Å². The van der Waals surface area contributed by atoms with E-state index in [1.807, 2.05) is 24.3 Å². The molecule has 6 aromatic rings.